The summed E-state index contributed by atoms with van der Waals surface area (Å²) in [7, 11) is 0. The number of benzene rings is 11. The lowest BCUT2D eigenvalue weighted by Crippen LogP contribution is -2.12. The molecule has 0 fully saturated rings. The SMILES string of the molecule is [2H]c1c([2H])c([2H])c(N(c2cccc3c2sc2ccccc23)c2ccc3c4cc5c(cc4n4c6c(C(C)(C)C)cccc6c2c34)c2ccc(N(c3c([2H])c([2H])c([2H])c([2H])c3[2H])c3cccc4c3sc3ccccc34)c3c4cccc(C(C)(C)C)c4n5c23)c([2H])c1[2H]. The van der Waals surface area contributed by atoms with E-state index >= 15 is 0 Å². The lowest BCUT2D eigenvalue weighted by molar-refractivity contribution is 0.594. The molecular weight excluding hydrogens is 1010 g/mol. The number of para-hydroxylation sites is 4. The molecule has 0 spiro atoms. The zero-order valence-electron chi connectivity index (χ0n) is 54.6. The van der Waals surface area contributed by atoms with Crippen molar-refractivity contribution in [1.29, 1.82) is 0 Å². The quantitative estimate of drug-likeness (QED) is 0.165. The van der Waals surface area contributed by atoms with Crippen molar-refractivity contribution in [3.05, 3.63) is 229 Å². The van der Waals surface area contributed by atoms with Gasteiger partial charge in [0.15, 0.2) is 0 Å². The van der Waals surface area contributed by atoms with E-state index in [0.717, 1.165) is 128 Å². The van der Waals surface area contributed by atoms with Gasteiger partial charge in [-0.15, -0.1) is 22.7 Å². The number of nitrogens with zero attached hydrogens (tertiary/aromatic N) is 4. The van der Waals surface area contributed by atoms with E-state index in [1.165, 1.54) is 0 Å². The van der Waals surface area contributed by atoms with Gasteiger partial charge in [-0.25, -0.2) is 0 Å². The van der Waals surface area contributed by atoms with Crippen LogP contribution in [0, 0.1) is 0 Å². The van der Waals surface area contributed by atoms with Crippen molar-refractivity contribution in [2.24, 2.45) is 0 Å². The normalized spacial score (nSPS) is 14.6. The molecule has 0 saturated carbocycles. The molecule has 0 aliphatic carbocycles. The first-order chi connectivity index (χ1) is 43.1. The number of anilines is 6. The molecule has 4 nitrogen and oxygen atoms in total. The molecule has 17 aromatic rings. The van der Waals surface area contributed by atoms with Gasteiger partial charge in [0, 0.05) is 85.4 Å². The Morgan fingerprint density at radius 3 is 1.16 bits per heavy atom. The Morgan fingerprint density at radius 1 is 0.350 bits per heavy atom. The maximum absolute atomic E-state index is 9.67. The van der Waals surface area contributed by atoms with Crippen molar-refractivity contribution < 1.29 is 13.7 Å². The van der Waals surface area contributed by atoms with Crippen molar-refractivity contribution in [1.82, 2.24) is 8.80 Å². The van der Waals surface area contributed by atoms with E-state index < -0.39 is 36.3 Å². The highest BCUT2D eigenvalue weighted by atomic mass is 32.1. The van der Waals surface area contributed by atoms with Gasteiger partial charge < -0.3 is 18.6 Å². The maximum Gasteiger partial charge on any atom is 0.0645 e. The number of hydrogen-bond acceptors (Lipinski definition) is 4. The molecule has 6 heterocycles. The molecule has 80 heavy (non-hydrogen) atoms. The highest BCUT2D eigenvalue weighted by molar-refractivity contribution is 7.26. The second-order valence-corrected chi connectivity index (χ2v) is 25.4. The molecule has 0 saturated heterocycles. The number of rotatable bonds is 6. The van der Waals surface area contributed by atoms with Crippen LogP contribution in [0.5, 0.6) is 0 Å². The standard InChI is InChI=1S/C74H54N4S2/c1-73(2,3)55-31-17-29-51-65-57(75(43-21-9-7-10-22-43)59-33-19-27-49-45-25-13-15-35-63(45)79-71(49)59)39-37-47-53-42-62-54(41-61(53)77(67(51)55)69(47)65)48-38-40-58(66-52-30-18-32-56(74(4,5)6)68(52)78(62)70(48)66)76(44-23-11-8-12-24-44)60-34-20-28-50-46-26-14-16-36-64(46)80-72(50)60/h7-42H,1-6H3/i7D,8D,9D,10D,11D,12D,21D,22D,23D,24D. The van der Waals surface area contributed by atoms with Crippen LogP contribution in [-0.4, -0.2) is 8.80 Å². The molecule has 0 bridgehead atoms. The van der Waals surface area contributed by atoms with E-state index in [0.29, 0.717) is 22.7 Å². The predicted octanol–water partition coefficient (Wildman–Crippen LogP) is 22.3. The summed E-state index contributed by atoms with van der Waals surface area (Å²) in [5.74, 6) is 0. The maximum atomic E-state index is 9.67. The molecule has 0 atom stereocenters. The Hall–Kier alpha value is -8.94. The smallest absolute Gasteiger partial charge is 0.0645 e. The van der Waals surface area contributed by atoms with Gasteiger partial charge in [0.25, 0.3) is 0 Å². The fourth-order valence-electron chi connectivity index (χ4n) is 13.5. The van der Waals surface area contributed by atoms with E-state index in [1.54, 1.807) is 22.7 Å². The number of fused-ring (bicyclic) bond motifs is 18. The number of hydrogen-bond donors (Lipinski definition) is 0. The second kappa shape index (κ2) is 16.3. The van der Waals surface area contributed by atoms with Crippen molar-refractivity contribution in [2.75, 3.05) is 9.80 Å². The third-order valence-electron chi connectivity index (χ3n) is 16.8. The summed E-state index contributed by atoms with van der Waals surface area (Å²) in [6.07, 6.45) is 0. The Kier molecular flexibility index (Phi) is 7.56. The van der Waals surface area contributed by atoms with Crippen LogP contribution in [0.3, 0.4) is 0 Å². The van der Waals surface area contributed by atoms with Crippen LogP contribution in [0.25, 0.3) is 117 Å². The van der Waals surface area contributed by atoms with Gasteiger partial charge in [0.05, 0.1) is 79.0 Å². The van der Waals surface area contributed by atoms with Gasteiger partial charge >= 0.3 is 0 Å². The van der Waals surface area contributed by atoms with Crippen LogP contribution in [0.15, 0.2) is 218 Å². The van der Waals surface area contributed by atoms with E-state index in [9.17, 15) is 5.48 Å². The molecule has 11 aromatic carbocycles. The fourth-order valence-corrected chi connectivity index (χ4v) is 15.9. The highest BCUT2D eigenvalue weighted by Gasteiger charge is 2.32. The van der Waals surface area contributed by atoms with Crippen LogP contribution in [0.2, 0.25) is 0 Å². The van der Waals surface area contributed by atoms with Crippen molar-refractivity contribution in [3.63, 3.8) is 0 Å². The van der Waals surface area contributed by atoms with Crippen molar-refractivity contribution >= 4 is 173 Å². The van der Waals surface area contributed by atoms with Crippen LogP contribution in [0.1, 0.15) is 66.4 Å². The van der Waals surface area contributed by atoms with E-state index in [-0.39, 0.29) is 46.4 Å². The van der Waals surface area contributed by atoms with Gasteiger partial charge in [-0.3, -0.25) is 0 Å². The third-order valence-corrected chi connectivity index (χ3v) is 19.2. The minimum atomic E-state index is -0.460. The van der Waals surface area contributed by atoms with Gasteiger partial charge in [0.1, 0.15) is 0 Å². The summed E-state index contributed by atoms with van der Waals surface area (Å²) < 4.78 is 101. The highest BCUT2D eigenvalue weighted by Crippen LogP contribution is 2.55. The minimum Gasteiger partial charge on any atom is -0.308 e. The first kappa shape index (κ1) is 37.0. The fraction of sp³-hybridized carbons (Fsp3) is 0.108. The van der Waals surface area contributed by atoms with Gasteiger partial charge in [-0.1, -0.05) is 187 Å². The summed E-state index contributed by atoms with van der Waals surface area (Å²) in [4.78, 5) is 3.85. The van der Waals surface area contributed by atoms with E-state index in [1.807, 2.05) is 58.3 Å². The van der Waals surface area contributed by atoms with Crippen LogP contribution >= 0.6 is 22.7 Å². The first-order valence-corrected chi connectivity index (χ1v) is 28.7. The van der Waals surface area contributed by atoms with Crippen LogP contribution in [0.4, 0.5) is 34.1 Å². The molecular formula is C74H54N4S2. The van der Waals surface area contributed by atoms with Crippen molar-refractivity contribution in [3.8, 4) is 0 Å². The van der Waals surface area contributed by atoms with Gasteiger partial charge in [-0.2, -0.15) is 0 Å². The number of aromatic nitrogens is 2. The molecule has 17 rings (SSSR count). The molecule has 6 aromatic heterocycles. The lowest BCUT2D eigenvalue weighted by Gasteiger charge is -2.27. The summed E-state index contributed by atoms with van der Waals surface area (Å²) in [5, 5.41) is 11.8. The zero-order chi connectivity index (χ0) is 62.2. The second-order valence-electron chi connectivity index (χ2n) is 23.3. The van der Waals surface area contributed by atoms with Crippen LogP contribution < -0.4 is 9.80 Å². The predicted molar refractivity (Wildman–Crippen MR) is 348 cm³/mol. The average molecular weight is 1070 g/mol. The van der Waals surface area contributed by atoms with E-state index in [2.05, 4.69) is 160 Å². The average Bonchev–Trinajstić information content (AvgIpc) is 1.51. The lowest BCUT2D eigenvalue weighted by atomic mass is 9.85. The third kappa shape index (κ3) is 6.20. The Balaban J connectivity index is 1.02. The molecule has 0 unspecified atom stereocenters. The topological polar surface area (TPSA) is 15.3 Å². The summed E-state index contributed by atoms with van der Waals surface area (Å²) in [6.45, 7) is 13.4. The molecule has 0 amide bonds. The summed E-state index contributed by atoms with van der Waals surface area (Å²) in [6, 6.07) is 50.9. The Bertz CT molecular complexity index is 5620. The summed E-state index contributed by atoms with van der Waals surface area (Å²) >= 11 is 3.25. The van der Waals surface area contributed by atoms with Gasteiger partial charge in [0.2, 0.25) is 0 Å². The minimum absolute atomic E-state index is 0.0587. The largest absolute Gasteiger partial charge is 0.308 e. The summed E-state index contributed by atoms with van der Waals surface area (Å²) in [5.41, 5.74) is 10.2. The molecule has 0 aliphatic heterocycles. The molecule has 0 radical (unpaired) electrons. The monoisotopic (exact) mass is 1070 g/mol. The molecule has 6 heteroatoms. The molecule has 382 valence electrons. The molecule has 0 aliphatic rings. The van der Waals surface area contributed by atoms with Crippen molar-refractivity contribution in [2.45, 2.75) is 52.4 Å². The van der Waals surface area contributed by atoms with Crippen LogP contribution in [-0.2, 0) is 10.8 Å². The first-order valence-electron chi connectivity index (χ1n) is 32.1. The van der Waals surface area contributed by atoms with Gasteiger partial charge in [-0.05, 0) is 94.7 Å². The number of thiophene rings is 2. The van der Waals surface area contributed by atoms with E-state index in [4.69, 9.17) is 8.22 Å². The zero-order valence-corrected chi connectivity index (χ0v) is 46.2. The Morgan fingerprint density at radius 2 is 0.738 bits per heavy atom. The Labute approximate surface area is 484 Å². The molecule has 0 N–H and O–H groups in total.